The smallest absolute Gasteiger partial charge is 0.190 e. The molecule has 3 aliphatic rings. The lowest BCUT2D eigenvalue weighted by Crippen LogP contribution is -2.45. The maximum absolute atomic E-state index is 6.53. The number of ether oxygens (including phenoxy) is 3. The summed E-state index contributed by atoms with van der Waals surface area (Å²) in [7, 11) is 3.33. The first kappa shape index (κ1) is 18.3. The summed E-state index contributed by atoms with van der Waals surface area (Å²) in [5.74, 6) is 3.03. The van der Waals surface area contributed by atoms with Gasteiger partial charge in [0, 0.05) is 23.5 Å². The van der Waals surface area contributed by atoms with E-state index in [1.807, 2.05) is 12.1 Å². The van der Waals surface area contributed by atoms with Crippen LogP contribution in [0.3, 0.4) is 0 Å². The zero-order chi connectivity index (χ0) is 19.8. The summed E-state index contributed by atoms with van der Waals surface area (Å²) in [6.45, 7) is 0. The van der Waals surface area contributed by atoms with E-state index in [0.717, 1.165) is 34.9 Å². The van der Waals surface area contributed by atoms with E-state index in [1.54, 1.807) is 14.2 Å². The highest BCUT2D eigenvalue weighted by Crippen LogP contribution is 2.46. The molecule has 0 amide bonds. The third-order valence-electron chi connectivity index (χ3n) is 6.50. The molecule has 1 fully saturated rings. The van der Waals surface area contributed by atoms with E-state index in [9.17, 15) is 0 Å². The Morgan fingerprint density at radius 3 is 2.55 bits per heavy atom. The average molecular weight is 392 g/mol. The minimum Gasteiger partial charge on any atom is -0.493 e. The zero-order valence-electron chi connectivity index (χ0n) is 17.1. The number of nitrogens with zero attached hydrogens (tertiary/aromatic N) is 2. The number of benzene rings is 2. The van der Waals surface area contributed by atoms with Gasteiger partial charge in [0.2, 0.25) is 0 Å². The summed E-state index contributed by atoms with van der Waals surface area (Å²) in [6.07, 6.45) is 7.25. The van der Waals surface area contributed by atoms with E-state index in [4.69, 9.17) is 19.3 Å². The van der Waals surface area contributed by atoms with E-state index in [2.05, 4.69) is 35.3 Å². The molecule has 2 atom stereocenters. The van der Waals surface area contributed by atoms with Crippen molar-refractivity contribution in [2.24, 2.45) is 11.0 Å². The third kappa shape index (κ3) is 3.22. The van der Waals surface area contributed by atoms with Crippen molar-refractivity contribution >= 4 is 5.71 Å². The topological polar surface area (TPSA) is 43.3 Å². The van der Waals surface area contributed by atoms with Gasteiger partial charge in [-0.15, -0.1) is 0 Å². The van der Waals surface area contributed by atoms with Crippen molar-refractivity contribution in [3.63, 3.8) is 0 Å². The van der Waals surface area contributed by atoms with E-state index < -0.39 is 0 Å². The fourth-order valence-electron chi connectivity index (χ4n) is 4.98. The Kier molecular flexibility index (Phi) is 4.82. The van der Waals surface area contributed by atoms with Gasteiger partial charge in [-0.25, -0.2) is 5.01 Å². The Bertz CT molecular complexity index is 920. The third-order valence-corrected chi connectivity index (χ3v) is 6.50. The molecule has 29 heavy (non-hydrogen) atoms. The number of rotatable bonds is 4. The number of hydrogen-bond donors (Lipinski definition) is 0. The molecule has 5 heteroatoms. The second kappa shape index (κ2) is 7.62. The highest BCUT2D eigenvalue weighted by atomic mass is 16.5. The maximum Gasteiger partial charge on any atom is 0.190 e. The van der Waals surface area contributed by atoms with Crippen molar-refractivity contribution < 1.29 is 14.2 Å². The Morgan fingerprint density at radius 2 is 1.76 bits per heavy atom. The molecule has 2 heterocycles. The normalized spacial score (nSPS) is 23.7. The fourth-order valence-corrected chi connectivity index (χ4v) is 4.98. The van der Waals surface area contributed by atoms with Crippen LogP contribution in [-0.2, 0) is 0 Å². The molecule has 5 nitrogen and oxygen atoms in total. The molecule has 152 valence electrons. The van der Waals surface area contributed by atoms with Crippen LogP contribution in [-0.4, -0.2) is 31.2 Å². The van der Waals surface area contributed by atoms with Crippen molar-refractivity contribution in [2.45, 2.75) is 50.8 Å². The lowest BCUT2D eigenvalue weighted by Gasteiger charge is -2.42. The first-order valence-corrected chi connectivity index (χ1v) is 10.6. The van der Waals surface area contributed by atoms with E-state index >= 15 is 0 Å². The number of hydrogen-bond acceptors (Lipinski definition) is 5. The Morgan fingerprint density at radius 1 is 0.966 bits per heavy atom. The standard InChI is InChI=1S/C24H28N2O3/c1-27-22-13-12-17(14-23(22)28-2)19-15-20-18-10-6-7-11-21(18)29-24(26(20)25-19)16-8-4-3-5-9-16/h6-7,10-14,16,20,24H,3-5,8-9,15H2,1-2H3/t20-,24-/m0/s1. The fraction of sp³-hybridized carbons (Fsp3) is 0.458. The highest BCUT2D eigenvalue weighted by molar-refractivity contribution is 6.02. The van der Waals surface area contributed by atoms with Gasteiger partial charge in [-0.2, -0.15) is 5.10 Å². The first-order chi connectivity index (χ1) is 14.3. The summed E-state index contributed by atoms with van der Waals surface area (Å²) in [5, 5.41) is 7.34. The summed E-state index contributed by atoms with van der Waals surface area (Å²) < 4.78 is 17.4. The molecular formula is C24H28N2O3. The summed E-state index contributed by atoms with van der Waals surface area (Å²) in [4.78, 5) is 0. The molecule has 0 saturated heterocycles. The van der Waals surface area contributed by atoms with Gasteiger partial charge in [-0.1, -0.05) is 37.5 Å². The summed E-state index contributed by atoms with van der Waals surface area (Å²) in [5.41, 5.74) is 3.40. The van der Waals surface area contributed by atoms with Gasteiger partial charge in [-0.05, 0) is 37.1 Å². The predicted octanol–water partition coefficient (Wildman–Crippen LogP) is 5.15. The molecule has 2 aromatic rings. The molecular weight excluding hydrogens is 364 g/mol. The molecule has 2 aromatic carbocycles. The monoisotopic (exact) mass is 392 g/mol. The van der Waals surface area contributed by atoms with Crippen LogP contribution in [0.25, 0.3) is 0 Å². The number of fused-ring (bicyclic) bond motifs is 3. The van der Waals surface area contributed by atoms with Crippen molar-refractivity contribution in [3.8, 4) is 17.2 Å². The largest absolute Gasteiger partial charge is 0.493 e. The quantitative estimate of drug-likeness (QED) is 0.721. The van der Waals surface area contributed by atoms with Gasteiger partial charge in [0.25, 0.3) is 0 Å². The molecule has 1 aliphatic carbocycles. The zero-order valence-corrected chi connectivity index (χ0v) is 17.1. The lowest BCUT2D eigenvalue weighted by molar-refractivity contribution is -0.0643. The Balaban J connectivity index is 1.51. The van der Waals surface area contributed by atoms with E-state index in [-0.39, 0.29) is 12.3 Å². The van der Waals surface area contributed by atoms with Gasteiger partial charge >= 0.3 is 0 Å². The van der Waals surface area contributed by atoms with Crippen molar-refractivity contribution in [2.75, 3.05) is 14.2 Å². The molecule has 2 aliphatic heterocycles. The average Bonchev–Trinajstić information content (AvgIpc) is 3.24. The Labute approximate surface area is 172 Å². The van der Waals surface area contributed by atoms with Gasteiger partial charge in [0.1, 0.15) is 5.75 Å². The second-order valence-electron chi connectivity index (χ2n) is 8.16. The summed E-state index contributed by atoms with van der Waals surface area (Å²) >= 11 is 0. The SMILES string of the molecule is COc1ccc(C2=NN3[C@@H](C2)c2ccccc2O[C@H]3C2CCCCC2)cc1OC. The molecule has 0 radical (unpaired) electrons. The molecule has 0 bridgehead atoms. The van der Waals surface area contributed by atoms with Crippen LogP contribution >= 0.6 is 0 Å². The molecule has 1 saturated carbocycles. The molecule has 0 N–H and O–H groups in total. The molecule has 0 spiro atoms. The second-order valence-corrected chi connectivity index (χ2v) is 8.16. The minimum atomic E-state index is 0.0212. The van der Waals surface area contributed by atoms with Crippen LogP contribution in [0.2, 0.25) is 0 Å². The number of methoxy groups -OCH3 is 2. The van der Waals surface area contributed by atoms with Crippen LogP contribution in [0, 0.1) is 5.92 Å². The predicted molar refractivity (Wildman–Crippen MR) is 113 cm³/mol. The van der Waals surface area contributed by atoms with Crippen LogP contribution < -0.4 is 14.2 Å². The van der Waals surface area contributed by atoms with Gasteiger partial charge < -0.3 is 14.2 Å². The molecule has 5 rings (SSSR count). The van der Waals surface area contributed by atoms with Gasteiger partial charge in [-0.3, -0.25) is 0 Å². The molecule has 0 unspecified atom stereocenters. The van der Waals surface area contributed by atoms with Gasteiger partial charge in [0.05, 0.1) is 26.0 Å². The first-order valence-electron chi connectivity index (χ1n) is 10.6. The highest BCUT2D eigenvalue weighted by Gasteiger charge is 2.43. The van der Waals surface area contributed by atoms with Gasteiger partial charge in [0.15, 0.2) is 17.7 Å². The van der Waals surface area contributed by atoms with Crippen molar-refractivity contribution in [1.82, 2.24) is 5.01 Å². The van der Waals surface area contributed by atoms with Crippen molar-refractivity contribution in [1.29, 1.82) is 0 Å². The van der Waals surface area contributed by atoms with Crippen LogP contribution in [0.15, 0.2) is 47.6 Å². The van der Waals surface area contributed by atoms with E-state index in [0.29, 0.717) is 5.92 Å². The van der Waals surface area contributed by atoms with Crippen LogP contribution in [0.1, 0.15) is 55.7 Å². The number of hydrazone groups is 1. The lowest BCUT2D eigenvalue weighted by atomic mass is 9.86. The maximum atomic E-state index is 6.53. The Hall–Kier alpha value is -2.69. The number of para-hydroxylation sites is 1. The van der Waals surface area contributed by atoms with E-state index in [1.165, 1.54) is 37.7 Å². The van der Waals surface area contributed by atoms with Crippen LogP contribution in [0.4, 0.5) is 0 Å². The molecule has 0 aromatic heterocycles. The summed E-state index contributed by atoms with van der Waals surface area (Å²) in [6, 6.07) is 14.7. The minimum absolute atomic E-state index is 0.0212. The van der Waals surface area contributed by atoms with Crippen LogP contribution in [0.5, 0.6) is 17.2 Å². The van der Waals surface area contributed by atoms with Crippen molar-refractivity contribution in [3.05, 3.63) is 53.6 Å².